The molecule has 0 amide bonds. The number of esters is 4. The molecule has 148 valence electrons. The summed E-state index contributed by atoms with van der Waals surface area (Å²) in [7, 11) is 0. The Morgan fingerprint density at radius 1 is 0.667 bits per heavy atom. The standard InChI is InChI=1S/C9H8O3.C8H8O3.2C2H6/c10-8-6-4-1-2-5(3-4)7(6)9(11)12-8;9-7-5-3-1-2-4-6(5)8(10)11-7;2*1-2/h1-2,4-7H,3H2;1-2,5-6H,3-4H2;2*1-2H3. The van der Waals surface area contributed by atoms with Crippen LogP contribution in [-0.4, -0.2) is 23.9 Å². The van der Waals surface area contributed by atoms with Crippen molar-refractivity contribution in [2.45, 2.75) is 47.0 Å². The Labute approximate surface area is 160 Å². The molecule has 6 heteroatoms. The SMILES string of the molecule is CC.CC.O=C1OC(=O)C2C3C=CC(C3)C12.O=C1OC(=O)C2CC=CCC12. The number of carbonyl (C=O) groups excluding carboxylic acids is 4. The van der Waals surface area contributed by atoms with Crippen molar-refractivity contribution in [3.05, 3.63) is 24.3 Å². The minimum atomic E-state index is -0.343. The van der Waals surface area contributed by atoms with E-state index in [1.807, 2.05) is 52.0 Å². The molecule has 5 rings (SSSR count). The van der Waals surface area contributed by atoms with E-state index >= 15 is 0 Å². The number of carbonyl (C=O) groups is 4. The van der Waals surface area contributed by atoms with Crippen molar-refractivity contribution in [1.29, 1.82) is 0 Å². The molecule has 1 saturated carbocycles. The zero-order valence-electron chi connectivity index (χ0n) is 16.3. The van der Waals surface area contributed by atoms with Gasteiger partial charge in [-0.25, -0.2) is 0 Å². The van der Waals surface area contributed by atoms with E-state index in [1.54, 1.807) is 0 Å². The van der Waals surface area contributed by atoms with Crippen LogP contribution in [-0.2, 0) is 28.7 Å². The molecule has 6 nitrogen and oxygen atoms in total. The number of allylic oxidation sites excluding steroid dienone is 4. The molecule has 27 heavy (non-hydrogen) atoms. The largest absolute Gasteiger partial charge is 0.393 e. The molecule has 2 bridgehead atoms. The van der Waals surface area contributed by atoms with Crippen molar-refractivity contribution in [2.24, 2.45) is 35.5 Å². The van der Waals surface area contributed by atoms with Gasteiger partial charge < -0.3 is 9.47 Å². The minimum absolute atomic E-state index is 0.146. The van der Waals surface area contributed by atoms with Gasteiger partial charge in [-0.05, 0) is 31.1 Å². The molecule has 2 aliphatic heterocycles. The Bertz CT molecular complexity index is 610. The normalized spacial score (nSPS) is 36.3. The maximum atomic E-state index is 11.2. The third-order valence-electron chi connectivity index (χ3n) is 5.44. The van der Waals surface area contributed by atoms with Crippen LogP contribution in [0.15, 0.2) is 24.3 Å². The van der Waals surface area contributed by atoms with Gasteiger partial charge in [0.15, 0.2) is 0 Å². The van der Waals surface area contributed by atoms with E-state index in [0.29, 0.717) is 12.8 Å². The highest BCUT2D eigenvalue weighted by Crippen LogP contribution is 2.51. The molecule has 0 N–H and O–H groups in total. The summed E-state index contributed by atoms with van der Waals surface area (Å²) >= 11 is 0. The van der Waals surface area contributed by atoms with E-state index in [0.717, 1.165) is 6.42 Å². The summed E-state index contributed by atoms with van der Waals surface area (Å²) in [5.74, 6) is -1.41. The molecule has 5 aliphatic rings. The van der Waals surface area contributed by atoms with E-state index in [1.165, 1.54) is 0 Å². The minimum Gasteiger partial charge on any atom is -0.393 e. The molecule has 0 aromatic heterocycles. The molecule has 3 aliphatic carbocycles. The summed E-state index contributed by atoms with van der Waals surface area (Å²) in [4.78, 5) is 44.2. The summed E-state index contributed by atoms with van der Waals surface area (Å²) in [5, 5.41) is 0. The van der Waals surface area contributed by atoms with Gasteiger partial charge in [0.1, 0.15) is 0 Å². The van der Waals surface area contributed by atoms with Crippen molar-refractivity contribution >= 4 is 23.9 Å². The highest BCUT2D eigenvalue weighted by molar-refractivity contribution is 5.98. The van der Waals surface area contributed by atoms with Gasteiger partial charge in [0, 0.05) is 0 Å². The monoisotopic (exact) mass is 376 g/mol. The Morgan fingerprint density at radius 2 is 1.04 bits per heavy atom. The number of hydrogen-bond donors (Lipinski definition) is 0. The summed E-state index contributed by atoms with van der Waals surface area (Å²) in [6, 6.07) is 0. The van der Waals surface area contributed by atoms with Gasteiger partial charge in [-0.3, -0.25) is 19.2 Å². The molecule has 2 heterocycles. The fourth-order valence-electron chi connectivity index (χ4n) is 4.29. The molecule has 0 radical (unpaired) electrons. The van der Waals surface area contributed by atoms with Crippen LogP contribution in [0.25, 0.3) is 0 Å². The molecule has 0 aromatic rings. The van der Waals surface area contributed by atoms with Gasteiger partial charge in [0.05, 0.1) is 23.7 Å². The number of cyclic esters (lactones) is 4. The highest BCUT2D eigenvalue weighted by Gasteiger charge is 2.57. The Kier molecular flexibility index (Phi) is 7.11. The summed E-state index contributed by atoms with van der Waals surface area (Å²) in [6.07, 6.45) is 10.3. The molecule has 0 aromatic carbocycles. The second kappa shape index (κ2) is 9.11. The topological polar surface area (TPSA) is 86.7 Å². The third kappa shape index (κ3) is 3.89. The van der Waals surface area contributed by atoms with Crippen molar-refractivity contribution in [1.82, 2.24) is 0 Å². The summed E-state index contributed by atoms with van der Waals surface area (Å²) in [6.45, 7) is 8.00. The van der Waals surface area contributed by atoms with Crippen LogP contribution in [0.2, 0.25) is 0 Å². The Balaban J connectivity index is 0.000000165. The highest BCUT2D eigenvalue weighted by atomic mass is 16.6. The first-order chi connectivity index (χ1) is 13.1. The van der Waals surface area contributed by atoms with Gasteiger partial charge in [-0.1, -0.05) is 52.0 Å². The predicted molar refractivity (Wildman–Crippen MR) is 98.0 cm³/mol. The molecular formula is C21H28O6. The van der Waals surface area contributed by atoms with E-state index in [2.05, 4.69) is 9.47 Å². The second-order valence-corrected chi connectivity index (χ2v) is 6.64. The fraction of sp³-hybridized carbons (Fsp3) is 0.619. The average Bonchev–Trinajstić information content (AvgIpc) is 3.45. The van der Waals surface area contributed by atoms with Crippen molar-refractivity contribution in [3.63, 3.8) is 0 Å². The fourth-order valence-corrected chi connectivity index (χ4v) is 4.29. The second-order valence-electron chi connectivity index (χ2n) is 6.64. The molecule has 0 spiro atoms. The lowest BCUT2D eigenvalue weighted by Gasteiger charge is -2.12. The van der Waals surface area contributed by atoms with Crippen LogP contribution < -0.4 is 0 Å². The molecule has 6 unspecified atom stereocenters. The first-order valence-corrected chi connectivity index (χ1v) is 9.90. The van der Waals surface area contributed by atoms with Crippen LogP contribution >= 0.6 is 0 Å². The first kappa shape index (κ1) is 21.1. The molecule has 3 fully saturated rings. The van der Waals surface area contributed by atoms with Gasteiger partial charge in [0.25, 0.3) is 0 Å². The van der Waals surface area contributed by atoms with E-state index in [9.17, 15) is 19.2 Å². The number of rotatable bonds is 0. The maximum absolute atomic E-state index is 11.2. The quantitative estimate of drug-likeness (QED) is 0.366. The van der Waals surface area contributed by atoms with Crippen LogP contribution in [0.4, 0.5) is 0 Å². The van der Waals surface area contributed by atoms with Crippen LogP contribution in [0, 0.1) is 35.5 Å². The van der Waals surface area contributed by atoms with E-state index < -0.39 is 0 Å². The van der Waals surface area contributed by atoms with Gasteiger partial charge in [-0.2, -0.15) is 0 Å². The van der Waals surface area contributed by atoms with E-state index in [4.69, 9.17) is 0 Å². The smallest absolute Gasteiger partial charge is 0.318 e. The van der Waals surface area contributed by atoms with Crippen LogP contribution in [0.5, 0.6) is 0 Å². The zero-order chi connectivity index (χ0) is 20.1. The first-order valence-electron chi connectivity index (χ1n) is 9.90. The molecule has 6 atom stereocenters. The molecular weight excluding hydrogens is 348 g/mol. The lowest BCUT2D eigenvalue weighted by Crippen LogP contribution is -2.21. The summed E-state index contributed by atoms with van der Waals surface area (Å²) < 4.78 is 9.08. The van der Waals surface area contributed by atoms with Crippen molar-refractivity contribution in [3.8, 4) is 0 Å². The van der Waals surface area contributed by atoms with Gasteiger partial charge in [-0.15, -0.1) is 0 Å². The number of ether oxygens (including phenoxy) is 2. The van der Waals surface area contributed by atoms with Gasteiger partial charge in [0.2, 0.25) is 0 Å². The summed E-state index contributed by atoms with van der Waals surface area (Å²) in [5.41, 5.74) is 0. The number of fused-ring (bicyclic) bond motifs is 6. The average molecular weight is 376 g/mol. The predicted octanol–water partition coefficient (Wildman–Crippen LogP) is 3.21. The van der Waals surface area contributed by atoms with E-state index in [-0.39, 0.29) is 59.4 Å². The van der Waals surface area contributed by atoms with Gasteiger partial charge >= 0.3 is 23.9 Å². The van der Waals surface area contributed by atoms with Crippen LogP contribution in [0.3, 0.4) is 0 Å². The molecule has 2 saturated heterocycles. The zero-order valence-corrected chi connectivity index (χ0v) is 16.3. The lowest BCUT2D eigenvalue weighted by molar-refractivity contribution is -0.156. The Morgan fingerprint density at radius 3 is 1.44 bits per heavy atom. The maximum Gasteiger partial charge on any atom is 0.318 e. The Hall–Kier alpha value is -2.24. The van der Waals surface area contributed by atoms with Crippen LogP contribution in [0.1, 0.15) is 47.0 Å². The lowest BCUT2D eigenvalue weighted by atomic mass is 9.85. The number of hydrogen-bond acceptors (Lipinski definition) is 6. The van der Waals surface area contributed by atoms with Crippen molar-refractivity contribution < 1.29 is 28.7 Å². The third-order valence-corrected chi connectivity index (χ3v) is 5.44. The van der Waals surface area contributed by atoms with Crippen molar-refractivity contribution in [2.75, 3.05) is 0 Å².